The summed E-state index contributed by atoms with van der Waals surface area (Å²) < 4.78 is 38.0. The highest BCUT2D eigenvalue weighted by atomic mass is 19.4. The average molecular weight is 464 g/mol. The molecule has 1 aromatic heterocycles. The van der Waals surface area contributed by atoms with Gasteiger partial charge in [0.2, 0.25) is 5.91 Å². The summed E-state index contributed by atoms with van der Waals surface area (Å²) in [5.41, 5.74) is -2.41. The molecule has 4 rings (SSSR count). The van der Waals surface area contributed by atoms with Crippen molar-refractivity contribution in [2.45, 2.75) is 24.6 Å². The molecular formula is C20H19F3N6O4. The summed E-state index contributed by atoms with van der Waals surface area (Å²) >= 11 is 0. The molecule has 2 aromatic rings. The van der Waals surface area contributed by atoms with Gasteiger partial charge in [-0.05, 0) is 43.2 Å². The molecule has 0 atom stereocenters. The van der Waals surface area contributed by atoms with Gasteiger partial charge in [0.15, 0.2) is 0 Å². The molecule has 0 bridgehead atoms. The molecular weight excluding hydrogens is 445 g/mol. The van der Waals surface area contributed by atoms with E-state index in [0.717, 1.165) is 29.2 Å². The smallest absolute Gasteiger partial charge is 0.358 e. The molecule has 4 amide bonds. The van der Waals surface area contributed by atoms with Crippen LogP contribution in [0.3, 0.4) is 0 Å². The van der Waals surface area contributed by atoms with Gasteiger partial charge in [0.25, 0.3) is 5.91 Å². The molecule has 174 valence electrons. The number of carbonyl (C=O) groups excluding carboxylic acids is 3. The highest BCUT2D eigenvalue weighted by Crippen LogP contribution is 2.31. The number of urea groups is 1. The molecule has 3 heterocycles. The summed E-state index contributed by atoms with van der Waals surface area (Å²) in [5, 5.41) is 5.05. The van der Waals surface area contributed by atoms with Crippen LogP contribution >= 0.6 is 0 Å². The lowest BCUT2D eigenvalue weighted by molar-refractivity contribution is -0.137. The van der Waals surface area contributed by atoms with E-state index in [-0.39, 0.29) is 18.5 Å². The SMILES string of the molecule is O=C(CN1C(=O)NC2(CCN(c3ccnc(=O)[nH]3)CC2)C1=O)Nc1ccc(C(F)(F)F)cc1. The van der Waals surface area contributed by atoms with E-state index >= 15 is 0 Å². The number of hydrogen-bond acceptors (Lipinski definition) is 6. The fourth-order valence-corrected chi connectivity index (χ4v) is 3.92. The normalized spacial score (nSPS) is 17.9. The van der Waals surface area contributed by atoms with Crippen LogP contribution < -0.4 is 21.2 Å². The van der Waals surface area contributed by atoms with Crippen LogP contribution in [-0.4, -0.2) is 57.9 Å². The average Bonchev–Trinajstić information content (AvgIpc) is 2.98. The van der Waals surface area contributed by atoms with Crippen molar-refractivity contribution in [1.82, 2.24) is 20.2 Å². The first kappa shape index (κ1) is 22.3. The van der Waals surface area contributed by atoms with Gasteiger partial charge < -0.3 is 15.5 Å². The Bertz CT molecular complexity index is 1140. The predicted octanol–water partition coefficient (Wildman–Crippen LogP) is 1.32. The van der Waals surface area contributed by atoms with E-state index < -0.39 is 47.4 Å². The number of alkyl halides is 3. The largest absolute Gasteiger partial charge is 0.416 e. The van der Waals surface area contributed by atoms with Crippen LogP contribution in [0, 0.1) is 0 Å². The highest BCUT2D eigenvalue weighted by Gasteiger charge is 2.52. The second-order valence-electron chi connectivity index (χ2n) is 7.77. The number of aromatic amines is 1. The molecule has 10 nitrogen and oxygen atoms in total. The quantitative estimate of drug-likeness (QED) is 0.586. The third-order valence-electron chi connectivity index (χ3n) is 5.66. The summed E-state index contributed by atoms with van der Waals surface area (Å²) in [6.07, 6.45) is -2.60. The fraction of sp³-hybridized carbons (Fsp3) is 0.350. The van der Waals surface area contributed by atoms with Crippen LogP contribution in [0.2, 0.25) is 0 Å². The molecule has 2 aliphatic heterocycles. The zero-order valence-corrected chi connectivity index (χ0v) is 17.1. The lowest BCUT2D eigenvalue weighted by Gasteiger charge is -2.38. The van der Waals surface area contributed by atoms with Crippen LogP contribution in [0.25, 0.3) is 0 Å². The van der Waals surface area contributed by atoms with Crippen molar-refractivity contribution in [1.29, 1.82) is 0 Å². The number of nitrogens with zero attached hydrogens (tertiary/aromatic N) is 3. The first-order valence-corrected chi connectivity index (χ1v) is 9.99. The van der Waals surface area contributed by atoms with Crippen molar-refractivity contribution in [2.75, 3.05) is 29.9 Å². The second-order valence-corrected chi connectivity index (χ2v) is 7.77. The molecule has 33 heavy (non-hydrogen) atoms. The zero-order valence-electron chi connectivity index (χ0n) is 17.1. The highest BCUT2D eigenvalue weighted by molar-refractivity contribution is 6.10. The molecule has 0 aliphatic carbocycles. The Kier molecular flexibility index (Phi) is 5.56. The number of imide groups is 1. The molecule has 0 unspecified atom stereocenters. The predicted molar refractivity (Wildman–Crippen MR) is 109 cm³/mol. The van der Waals surface area contributed by atoms with Gasteiger partial charge in [0, 0.05) is 25.0 Å². The first-order valence-electron chi connectivity index (χ1n) is 9.99. The van der Waals surface area contributed by atoms with E-state index in [0.29, 0.717) is 18.9 Å². The fourth-order valence-electron chi connectivity index (χ4n) is 3.92. The molecule has 2 fully saturated rings. The van der Waals surface area contributed by atoms with Crippen LogP contribution in [0.1, 0.15) is 18.4 Å². The Hall–Kier alpha value is -3.90. The maximum Gasteiger partial charge on any atom is 0.416 e. The number of H-pyrrole nitrogens is 1. The Morgan fingerprint density at radius 1 is 1.09 bits per heavy atom. The Morgan fingerprint density at radius 3 is 2.36 bits per heavy atom. The number of anilines is 2. The Morgan fingerprint density at radius 2 is 1.76 bits per heavy atom. The maximum absolute atomic E-state index is 13.0. The Labute approximate surface area is 184 Å². The second kappa shape index (κ2) is 8.22. The first-order chi connectivity index (χ1) is 15.6. The molecule has 1 aromatic carbocycles. The van der Waals surface area contributed by atoms with E-state index in [4.69, 9.17) is 0 Å². The third kappa shape index (κ3) is 4.52. The van der Waals surface area contributed by atoms with Crippen molar-refractivity contribution >= 4 is 29.4 Å². The number of piperidine rings is 1. The number of nitrogens with one attached hydrogen (secondary N) is 3. The summed E-state index contributed by atoms with van der Waals surface area (Å²) in [6.45, 7) is 0.171. The summed E-state index contributed by atoms with van der Waals surface area (Å²) in [5.74, 6) is -0.713. The Balaban J connectivity index is 1.37. The van der Waals surface area contributed by atoms with Crippen molar-refractivity contribution in [3.05, 3.63) is 52.6 Å². The topological polar surface area (TPSA) is 128 Å². The van der Waals surface area contributed by atoms with Gasteiger partial charge in [-0.25, -0.2) is 14.6 Å². The third-order valence-corrected chi connectivity index (χ3v) is 5.66. The molecule has 2 saturated heterocycles. The lowest BCUT2D eigenvalue weighted by Crippen LogP contribution is -2.55. The number of rotatable bonds is 4. The number of benzene rings is 1. The van der Waals surface area contributed by atoms with E-state index in [2.05, 4.69) is 20.6 Å². The number of halogens is 3. The molecule has 3 N–H and O–H groups in total. The maximum atomic E-state index is 13.0. The summed E-state index contributed by atoms with van der Waals surface area (Å²) in [6, 6.07) is 4.74. The van der Waals surface area contributed by atoms with Gasteiger partial charge in [-0.2, -0.15) is 13.2 Å². The number of amides is 4. The van der Waals surface area contributed by atoms with E-state index in [1.807, 2.05) is 4.90 Å². The van der Waals surface area contributed by atoms with Crippen LogP contribution in [-0.2, 0) is 15.8 Å². The van der Waals surface area contributed by atoms with E-state index in [1.165, 1.54) is 6.20 Å². The van der Waals surface area contributed by atoms with Gasteiger partial charge in [0.05, 0.1) is 5.56 Å². The number of aromatic nitrogens is 2. The number of hydrogen-bond donors (Lipinski definition) is 3. The molecule has 2 aliphatic rings. The van der Waals surface area contributed by atoms with Gasteiger partial charge in [0.1, 0.15) is 17.9 Å². The molecule has 0 saturated carbocycles. The minimum atomic E-state index is -4.50. The molecule has 1 spiro atoms. The van der Waals surface area contributed by atoms with Crippen molar-refractivity contribution in [2.24, 2.45) is 0 Å². The zero-order chi connectivity index (χ0) is 23.8. The van der Waals surface area contributed by atoms with Crippen molar-refractivity contribution in [3.8, 4) is 0 Å². The van der Waals surface area contributed by atoms with E-state index in [9.17, 15) is 32.3 Å². The molecule has 0 radical (unpaired) electrons. The minimum Gasteiger partial charge on any atom is -0.358 e. The standard InChI is InChI=1S/C20H19F3N6O4/c21-20(22,23)12-1-3-13(4-2-12)25-15(30)11-29-16(31)19(27-18(29)33)6-9-28(10-7-19)14-5-8-24-17(32)26-14/h1-5,8H,6-7,9-11H2,(H,25,30)(H,27,33)(H,24,26,32). The van der Waals surface area contributed by atoms with Gasteiger partial charge >= 0.3 is 17.9 Å². The van der Waals surface area contributed by atoms with Crippen molar-refractivity contribution < 1.29 is 27.6 Å². The van der Waals surface area contributed by atoms with Gasteiger partial charge in [-0.3, -0.25) is 19.5 Å². The minimum absolute atomic E-state index is 0.106. The lowest BCUT2D eigenvalue weighted by atomic mass is 9.87. The van der Waals surface area contributed by atoms with E-state index in [1.54, 1.807) is 6.07 Å². The van der Waals surface area contributed by atoms with Crippen LogP contribution in [0.5, 0.6) is 0 Å². The van der Waals surface area contributed by atoms with Crippen LogP contribution in [0.15, 0.2) is 41.3 Å². The van der Waals surface area contributed by atoms with Gasteiger partial charge in [-0.1, -0.05) is 0 Å². The number of carbonyl (C=O) groups is 3. The van der Waals surface area contributed by atoms with Gasteiger partial charge in [-0.15, -0.1) is 0 Å². The molecule has 13 heteroatoms. The summed E-state index contributed by atoms with van der Waals surface area (Å²) in [4.78, 5) is 58.0. The van der Waals surface area contributed by atoms with Crippen LogP contribution in [0.4, 0.5) is 29.5 Å². The monoisotopic (exact) mass is 464 g/mol. The van der Waals surface area contributed by atoms with Crippen molar-refractivity contribution in [3.63, 3.8) is 0 Å². The summed E-state index contributed by atoms with van der Waals surface area (Å²) in [7, 11) is 0.